The predicted molar refractivity (Wildman–Crippen MR) is 57.3 cm³/mol. The van der Waals surface area contributed by atoms with Crippen LogP contribution in [0.5, 0.6) is 5.88 Å². The molecule has 0 saturated heterocycles. The summed E-state index contributed by atoms with van der Waals surface area (Å²) in [7, 11) is 0. The average molecular weight is 220 g/mol. The van der Waals surface area contributed by atoms with Gasteiger partial charge in [-0.3, -0.25) is 9.20 Å². The molecule has 2 aromatic heterocycles. The standard InChI is InChI=1S/C10H12N4O2/c1-6(2)16-8-5-14-4-7(9(11)15)3-12-10(14)13-8/h3-6H,1-2H3,(H2,11,15). The largest absolute Gasteiger partial charge is 0.474 e. The van der Waals surface area contributed by atoms with Gasteiger partial charge in [-0.2, -0.15) is 4.98 Å². The van der Waals surface area contributed by atoms with Crippen LogP contribution >= 0.6 is 0 Å². The van der Waals surface area contributed by atoms with Gasteiger partial charge in [0.15, 0.2) is 0 Å². The molecule has 0 radical (unpaired) electrons. The van der Waals surface area contributed by atoms with Crippen molar-refractivity contribution in [1.29, 1.82) is 0 Å². The molecule has 2 aromatic rings. The molecule has 0 fully saturated rings. The topological polar surface area (TPSA) is 82.5 Å². The number of rotatable bonds is 3. The Labute approximate surface area is 92.1 Å². The van der Waals surface area contributed by atoms with Gasteiger partial charge in [0.05, 0.1) is 17.9 Å². The minimum atomic E-state index is -0.519. The van der Waals surface area contributed by atoms with Crippen molar-refractivity contribution in [1.82, 2.24) is 14.4 Å². The first kappa shape index (κ1) is 10.4. The van der Waals surface area contributed by atoms with E-state index in [9.17, 15) is 4.79 Å². The fourth-order valence-corrected chi connectivity index (χ4v) is 1.29. The molecule has 0 atom stereocenters. The summed E-state index contributed by atoms with van der Waals surface area (Å²) in [4.78, 5) is 19.1. The summed E-state index contributed by atoms with van der Waals surface area (Å²) in [6, 6.07) is 0. The van der Waals surface area contributed by atoms with Gasteiger partial charge in [0.1, 0.15) is 0 Å². The van der Waals surface area contributed by atoms with Crippen LogP contribution in [-0.4, -0.2) is 26.4 Å². The maximum atomic E-state index is 10.9. The van der Waals surface area contributed by atoms with Gasteiger partial charge < -0.3 is 10.5 Å². The molecule has 0 aliphatic heterocycles. The normalized spacial score (nSPS) is 10.9. The van der Waals surface area contributed by atoms with E-state index >= 15 is 0 Å². The fourth-order valence-electron chi connectivity index (χ4n) is 1.29. The van der Waals surface area contributed by atoms with Crippen molar-refractivity contribution < 1.29 is 9.53 Å². The highest BCUT2D eigenvalue weighted by Gasteiger charge is 2.07. The number of hydrogen-bond donors (Lipinski definition) is 1. The molecule has 2 heterocycles. The third-order valence-corrected chi connectivity index (χ3v) is 1.93. The summed E-state index contributed by atoms with van der Waals surface area (Å²) in [5, 5.41) is 0. The Balaban J connectivity index is 2.42. The number of imidazole rings is 1. The summed E-state index contributed by atoms with van der Waals surface area (Å²) in [6.07, 6.45) is 4.67. The maximum absolute atomic E-state index is 10.9. The van der Waals surface area contributed by atoms with Gasteiger partial charge >= 0.3 is 0 Å². The predicted octanol–water partition coefficient (Wildman–Crippen LogP) is 0.615. The Morgan fingerprint density at radius 2 is 2.25 bits per heavy atom. The van der Waals surface area contributed by atoms with Crippen molar-refractivity contribution in [2.24, 2.45) is 5.73 Å². The van der Waals surface area contributed by atoms with Crippen molar-refractivity contribution in [2.45, 2.75) is 20.0 Å². The van der Waals surface area contributed by atoms with Crippen LogP contribution in [0.3, 0.4) is 0 Å². The van der Waals surface area contributed by atoms with E-state index in [4.69, 9.17) is 10.5 Å². The molecule has 6 nitrogen and oxygen atoms in total. The van der Waals surface area contributed by atoms with E-state index in [-0.39, 0.29) is 6.10 Å². The molecular weight excluding hydrogens is 208 g/mol. The highest BCUT2D eigenvalue weighted by Crippen LogP contribution is 2.12. The second kappa shape index (κ2) is 3.80. The minimum absolute atomic E-state index is 0.0422. The molecule has 0 unspecified atom stereocenters. The van der Waals surface area contributed by atoms with Crippen LogP contribution in [0.25, 0.3) is 5.78 Å². The Hall–Kier alpha value is -2.11. The van der Waals surface area contributed by atoms with Gasteiger partial charge in [-0.05, 0) is 13.8 Å². The number of aromatic nitrogens is 3. The lowest BCUT2D eigenvalue weighted by molar-refractivity contribution is 0.0999. The molecule has 16 heavy (non-hydrogen) atoms. The number of carbonyl (C=O) groups excluding carboxylic acids is 1. The third kappa shape index (κ3) is 1.95. The first-order valence-corrected chi connectivity index (χ1v) is 4.87. The van der Waals surface area contributed by atoms with Gasteiger partial charge in [0, 0.05) is 12.4 Å². The maximum Gasteiger partial charge on any atom is 0.251 e. The van der Waals surface area contributed by atoms with E-state index in [2.05, 4.69) is 9.97 Å². The Morgan fingerprint density at radius 3 is 2.88 bits per heavy atom. The number of hydrogen-bond acceptors (Lipinski definition) is 4. The van der Waals surface area contributed by atoms with Gasteiger partial charge in [0.2, 0.25) is 11.7 Å². The first-order chi connectivity index (χ1) is 7.56. The van der Waals surface area contributed by atoms with E-state index in [0.29, 0.717) is 17.2 Å². The molecule has 0 aliphatic carbocycles. The van der Waals surface area contributed by atoms with Crippen LogP contribution in [0.4, 0.5) is 0 Å². The molecule has 0 aliphatic rings. The zero-order valence-corrected chi connectivity index (χ0v) is 9.04. The minimum Gasteiger partial charge on any atom is -0.474 e. The zero-order valence-electron chi connectivity index (χ0n) is 9.04. The van der Waals surface area contributed by atoms with Crippen LogP contribution in [0.2, 0.25) is 0 Å². The SMILES string of the molecule is CC(C)Oc1cn2cc(C(N)=O)cnc2n1. The smallest absolute Gasteiger partial charge is 0.251 e. The van der Waals surface area contributed by atoms with E-state index in [1.807, 2.05) is 13.8 Å². The summed E-state index contributed by atoms with van der Waals surface area (Å²) < 4.78 is 7.02. The second-order valence-corrected chi connectivity index (χ2v) is 3.66. The molecule has 6 heteroatoms. The van der Waals surface area contributed by atoms with Crippen molar-refractivity contribution >= 4 is 11.7 Å². The van der Waals surface area contributed by atoms with Crippen molar-refractivity contribution in [3.8, 4) is 5.88 Å². The average Bonchev–Trinajstić information content (AvgIpc) is 2.56. The number of carbonyl (C=O) groups is 1. The number of primary amides is 1. The van der Waals surface area contributed by atoms with Gasteiger partial charge in [-0.25, -0.2) is 4.98 Å². The lowest BCUT2D eigenvalue weighted by Crippen LogP contribution is -2.12. The molecule has 0 saturated carbocycles. The summed E-state index contributed by atoms with van der Waals surface area (Å²) in [6.45, 7) is 3.82. The van der Waals surface area contributed by atoms with Crippen LogP contribution in [0.1, 0.15) is 24.2 Å². The highest BCUT2D eigenvalue weighted by molar-refractivity contribution is 5.92. The quantitative estimate of drug-likeness (QED) is 0.821. The molecular formula is C10H12N4O2. The Bertz CT molecular complexity index is 533. The van der Waals surface area contributed by atoms with Crippen LogP contribution in [-0.2, 0) is 0 Å². The third-order valence-electron chi connectivity index (χ3n) is 1.93. The molecule has 2 rings (SSSR count). The lowest BCUT2D eigenvalue weighted by Gasteiger charge is -2.03. The van der Waals surface area contributed by atoms with Gasteiger partial charge in [-0.15, -0.1) is 0 Å². The van der Waals surface area contributed by atoms with Crippen LogP contribution < -0.4 is 10.5 Å². The second-order valence-electron chi connectivity index (χ2n) is 3.66. The van der Waals surface area contributed by atoms with Gasteiger partial charge in [0.25, 0.3) is 5.91 Å². The summed E-state index contributed by atoms with van der Waals surface area (Å²) in [5.74, 6) is 0.430. The molecule has 0 spiro atoms. The van der Waals surface area contributed by atoms with E-state index in [1.54, 1.807) is 16.8 Å². The molecule has 2 N–H and O–H groups in total. The number of ether oxygens (including phenoxy) is 1. The molecule has 84 valence electrons. The molecule has 0 aromatic carbocycles. The zero-order chi connectivity index (χ0) is 11.7. The summed E-state index contributed by atoms with van der Waals surface area (Å²) >= 11 is 0. The monoisotopic (exact) mass is 220 g/mol. The van der Waals surface area contributed by atoms with Crippen molar-refractivity contribution in [3.63, 3.8) is 0 Å². The number of fused-ring (bicyclic) bond motifs is 1. The Kier molecular flexibility index (Phi) is 2.47. The number of nitrogens with zero attached hydrogens (tertiary/aromatic N) is 3. The summed E-state index contributed by atoms with van der Waals surface area (Å²) in [5.41, 5.74) is 5.48. The number of amides is 1. The fraction of sp³-hybridized carbons (Fsp3) is 0.300. The van der Waals surface area contributed by atoms with Gasteiger partial charge in [-0.1, -0.05) is 0 Å². The number of nitrogens with two attached hydrogens (primary N) is 1. The lowest BCUT2D eigenvalue weighted by atomic mass is 10.3. The highest BCUT2D eigenvalue weighted by atomic mass is 16.5. The van der Waals surface area contributed by atoms with E-state index in [1.165, 1.54) is 6.20 Å². The molecule has 0 bridgehead atoms. The van der Waals surface area contributed by atoms with E-state index in [0.717, 1.165) is 0 Å². The van der Waals surface area contributed by atoms with Crippen molar-refractivity contribution in [2.75, 3.05) is 0 Å². The van der Waals surface area contributed by atoms with Crippen LogP contribution in [0.15, 0.2) is 18.6 Å². The Morgan fingerprint density at radius 1 is 1.50 bits per heavy atom. The molecule has 1 amide bonds. The van der Waals surface area contributed by atoms with Crippen molar-refractivity contribution in [3.05, 3.63) is 24.2 Å². The van der Waals surface area contributed by atoms with Crippen LogP contribution in [0, 0.1) is 0 Å². The van der Waals surface area contributed by atoms with E-state index < -0.39 is 5.91 Å². The first-order valence-electron chi connectivity index (χ1n) is 4.87.